The minimum absolute atomic E-state index is 0.0270. The zero-order valence-corrected chi connectivity index (χ0v) is 14.4. The lowest BCUT2D eigenvalue weighted by Crippen LogP contribution is -2.52. The van der Waals surface area contributed by atoms with Crippen LogP contribution in [0.3, 0.4) is 0 Å². The molecule has 0 saturated carbocycles. The molecule has 1 aliphatic heterocycles. The predicted molar refractivity (Wildman–Crippen MR) is 95.8 cm³/mol. The van der Waals surface area contributed by atoms with Gasteiger partial charge in [-0.15, -0.1) is 6.58 Å². The Morgan fingerprint density at radius 3 is 2.24 bits per heavy atom. The highest BCUT2D eigenvalue weighted by Gasteiger charge is 2.38. The minimum Gasteiger partial charge on any atom is -0.337 e. The third kappa shape index (κ3) is 2.46. The Bertz CT molecular complexity index is 926. The van der Waals surface area contributed by atoms with E-state index in [-0.39, 0.29) is 5.57 Å². The first-order chi connectivity index (χ1) is 11.9. The van der Waals surface area contributed by atoms with E-state index in [1.54, 1.807) is 12.2 Å². The lowest BCUT2D eigenvalue weighted by molar-refractivity contribution is -0.134. The Balaban J connectivity index is 2.24. The number of amides is 4. The quantitative estimate of drug-likeness (QED) is 0.491. The molecule has 128 valence electrons. The maximum absolute atomic E-state index is 12.5. The van der Waals surface area contributed by atoms with Gasteiger partial charge in [0.1, 0.15) is 5.57 Å². The van der Waals surface area contributed by atoms with Gasteiger partial charge in [-0.2, -0.15) is 0 Å². The van der Waals surface area contributed by atoms with Crippen molar-refractivity contribution in [2.45, 2.75) is 13.5 Å². The summed E-state index contributed by atoms with van der Waals surface area (Å²) in [6, 6.07) is 7.24. The van der Waals surface area contributed by atoms with Crippen LogP contribution in [0.2, 0.25) is 0 Å². The molecule has 25 heavy (non-hydrogen) atoms. The van der Waals surface area contributed by atoms with Gasteiger partial charge in [0, 0.05) is 37.2 Å². The number of fused-ring (bicyclic) bond motifs is 1. The van der Waals surface area contributed by atoms with E-state index in [1.807, 2.05) is 35.8 Å². The lowest BCUT2D eigenvalue weighted by Gasteiger charge is -2.29. The summed E-state index contributed by atoms with van der Waals surface area (Å²) in [7, 11) is 2.74. The largest absolute Gasteiger partial charge is 0.337 e. The van der Waals surface area contributed by atoms with E-state index in [9.17, 15) is 14.4 Å². The lowest BCUT2D eigenvalue weighted by atomic mass is 10.1. The fourth-order valence-corrected chi connectivity index (χ4v) is 3.12. The van der Waals surface area contributed by atoms with Crippen molar-refractivity contribution < 1.29 is 14.4 Å². The molecule has 3 rings (SSSR count). The molecule has 6 nitrogen and oxygen atoms in total. The Labute approximate surface area is 145 Å². The minimum atomic E-state index is -0.629. The van der Waals surface area contributed by atoms with Crippen LogP contribution in [0, 0.1) is 6.92 Å². The average molecular weight is 337 g/mol. The SMILES string of the molecule is C=CCn1c(C=C2C(=O)N(C)C(=O)N(C)C2=O)c(C)c2ccccc21. The predicted octanol–water partition coefficient (Wildman–Crippen LogP) is 2.57. The normalized spacial score (nSPS) is 15.3. The van der Waals surface area contributed by atoms with Crippen LogP contribution < -0.4 is 0 Å². The van der Waals surface area contributed by atoms with Gasteiger partial charge in [0.15, 0.2) is 0 Å². The number of urea groups is 1. The molecule has 0 aliphatic carbocycles. The number of aromatic nitrogens is 1. The number of carbonyl (C=O) groups is 3. The van der Waals surface area contributed by atoms with E-state index in [4.69, 9.17) is 0 Å². The first-order valence-corrected chi connectivity index (χ1v) is 7.89. The second-order valence-corrected chi connectivity index (χ2v) is 6.00. The Hall–Kier alpha value is -3.15. The molecule has 6 heteroatoms. The molecule has 1 aromatic heterocycles. The molecule has 0 atom stereocenters. The molecule has 0 spiro atoms. The van der Waals surface area contributed by atoms with Crippen molar-refractivity contribution >= 4 is 34.8 Å². The zero-order chi connectivity index (χ0) is 18.3. The molecule has 0 unspecified atom stereocenters. The Morgan fingerprint density at radius 2 is 1.64 bits per heavy atom. The number of imide groups is 2. The molecule has 0 N–H and O–H groups in total. The number of likely N-dealkylation sites (N-methyl/N-ethyl adjacent to an activating group) is 2. The molecule has 1 saturated heterocycles. The van der Waals surface area contributed by atoms with Crippen LogP contribution in [-0.2, 0) is 16.1 Å². The number of aryl methyl sites for hydroxylation is 1. The van der Waals surface area contributed by atoms with Crippen LogP contribution in [0.25, 0.3) is 17.0 Å². The summed E-state index contributed by atoms with van der Waals surface area (Å²) >= 11 is 0. The van der Waals surface area contributed by atoms with Crippen LogP contribution in [0.5, 0.6) is 0 Å². The molecule has 2 aromatic rings. The molecule has 1 aromatic carbocycles. The van der Waals surface area contributed by atoms with Crippen LogP contribution in [-0.4, -0.2) is 46.3 Å². The molecule has 1 aliphatic rings. The summed E-state index contributed by atoms with van der Waals surface area (Å²) in [5, 5.41) is 1.05. The van der Waals surface area contributed by atoms with Crippen molar-refractivity contribution in [3.05, 3.63) is 53.8 Å². The van der Waals surface area contributed by atoms with Gasteiger partial charge in [0.25, 0.3) is 11.8 Å². The molecule has 0 radical (unpaired) electrons. The van der Waals surface area contributed by atoms with E-state index in [0.29, 0.717) is 6.54 Å². The Morgan fingerprint density at radius 1 is 1.04 bits per heavy atom. The third-order valence-corrected chi connectivity index (χ3v) is 4.51. The fraction of sp³-hybridized carbons (Fsp3) is 0.211. The van der Waals surface area contributed by atoms with E-state index in [2.05, 4.69) is 6.58 Å². The number of rotatable bonds is 3. The highest BCUT2D eigenvalue weighted by atomic mass is 16.2. The van der Waals surface area contributed by atoms with Crippen molar-refractivity contribution in [1.82, 2.24) is 14.4 Å². The van der Waals surface area contributed by atoms with Crippen LogP contribution in [0.4, 0.5) is 4.79 Å². The zero-order valence-electron chi connectivity index (χ0n) is 14.4. The monoisotopic (exact) mass is 337 g/mol. The number of barbiturate groups is 1. The van der Waals surface area contributed by atoms with Crippen molar-refractivity contribution in [2.24, 2.45) is 0 Å². The van der Waals surface area contributed by atoms with Gasteiger partial charge < -0.3 is 4.57 Å². The number of carbonyl (C=O) groups excluding carboxylic acids is 3. The molecular formula is C19H19N3O3. The van der Waals surface area contributed by atoms with Gasteiger partial charge in [-0.3, -0.25) is 19.4 Å². The first-order valence-electron chi connectivity index (χ1n) is 7.89. The summed E-state index contributed by atoms with van der Waals surface area (Å²) in [5.74, 6) is -1.19. The smallest absolute Gasteiger partial charge is 0.333 e. The van der Waals surface area contributed by atoms with Crippen LogP contribution >= 0.6 is 0 Å². The molecule has 2 heterocycles. The van der Waals surface area contributed by atoms with E-state index >= 15 is 0 Å². The van der Waals surface area contributed by atoms with Crippen molar-refractivity contribution in [2.75, 3.05) is 14.1 Å². The number of benzene rings is 1. The summed E-state index contributed by atoms with van der Waals surface area (Å²) in [5.41, 5.74) is 2.70. The molecule has 0 bridgehead atoms. The number of allylic oxidation sites excluding steroid dienone is 1. The maximum atomic E-state index is 12.5. The standard InChI is InChI=1S/C19H19N3O3/c1-5-10-22-15-9-7-6-8-13(15)12(2)16(22)11-14-17(23)20(3)19(25)21(4)18(14)24/h5-9,11H,1,10H2,2-4H3. The molecular weight excluding hydrogens is 318 g/mol. The summed E-state index contributed by atoms with van der Waals surface area (Å²) in [6.45, 7) is 6.28. The summed E-state index contributed by atoms with van der Waals surface area (Å²) < 4.78 is 2.00. The van der Waals surface area contributed by atoms with Crippen LogP contribution in [0.15, 0.2) is 42.5 Å². The van der Waals surface area contributed by atoms with E-state index < -0.39 is 17.8 Å². The van der Waals surface area contributed by atoms with Gasteiger partial charge in [0.2, 0.25) is 0 Å². The summed E-state index contributed by atoms with van der Waals surface area (Å²) in [6.07, 6.45) is 3.34. The fourth-order valence-electron chi connectivity index (χ4n) is 3.12. The number of nitrogens with zero attached hydrogens (tertiary/aromatic N) is 3. The van der Waals surface area contributed by atoms with Gasteiger partial charge >= 0.3 is 6.03 Å². The summed E-state index contributed by atoms with van der Waals surface area (Å²) in [4.78, 5) is 38.7. The number of para-hydroxylation sites is 1. The van der Waals surface area contributed by atoms with Crippen LogP contribution in [0.1, 0.15) is 11.3 Å². The van der Waals surface area contributed by atoms with Gasteiger partial charge in [-0.1, -0.05) is 24.3 Å². The number of hydrogen-bond acceptors (Lipinski definition) is 3. The average Bonchev–Trinajstić information content (AvgIpc) is 2.88. The Kier molecular flexibility index (Phi) is 4.04. The van der Waals surface area contributed by atoms with Crippen molar-refractivity contribution in [3.8, 4) is 0 Å². The van der Waals surface area contributed by atoms with Gasteiger partial charge in [-0.05, 0) is 24.6 Å². The third-order valence-electron chi connectivity index (χ3n) is 4.51. The van der Waals surface area contributed by atoms with Gasteiger partial charge in [-0.25, -0.2) is 4.79 Å². The van der Waals surface area contributed by atoms with Gasteiger partial charge in [0.05, 0.1) is 0 Å². The first kappa shape index (κ1) is 16.7. The second kappa shape index (κ2) is 6.05. The highest BCUT2D eigenvalue weighted by Crippen LogP contribution is 2.28. The highest BCUT2D eigenvalue weighted by molar-refractivity contribution is 6.30. The molecule has 1 fully saturated rings. The molecule has 4 amide bonds. The maximum Gasteiger partial charge on any atom is 0.333 e. The van der Waals surface area contributed by atoms with Crippen molar-refractivity contribution in [1.29, 1.82) is 0 Å². The topological polar surface area (TPSA) is 62.6 Å². The second-order valence-electron chi connectivity index (χ2n) is 6.00. The van der Waals surface area contributed by atoms with E-state index in [1.165, 1.54) is 14.1 Å². The van der Waals surface area contributed by atoms with Crippen molar-refractivity contribution in [3.63, 3.8) is 0 Å². The van der Waals surface area contributed by atoms with E-state index in [0.717, 1.165) is 32.0 Å². The number of hydrogen-bond donors (Lipinski definition) is 0.